The lowest BCUT2D eigenvalue weighted by Gasteiger charge is -2.18. The van der Waals surface area contributed by atoms with E-state index in [0.29, 0.717) is 11.1 Å². The van der Waals surface area contributed by atoms with Gasteiger partial charge in [-0.25, -0.2) is 0 Å². The number of carbonyl (C=O) groups excluding carboxylic acids is 2. The minimum atomic E-state index is -0.409. The summed E-state index contributed by atoms with van der Waals surface area (Å²) in [5, 5.41) is 4.04. The maximum absolute atomic E-state index is 12.2. The molecule has 0 unspecified atom stereocenters. The Morgan fingerprint density at radius 3 is 2.05 bits per heavy atom. The van der Waals surface area contributed by atoms with Gasteiger partial charge in [-0.1, -0.05) is 29.8 Å². The van der Waals surface area contributed by atoms with Crippen LogP contribution in [0.15, 0.2) is 48.5 Å². The molecular formula is C16H13N3O2S. The summed E-state index contributed by atoms with van der Waals surface area (Å²) in [5.74, 6) is -0.817. The van der Waals surface area contributed by atoms with E-state index < -0.39 is 11.8 Å². The maximum Gasteiger partial charge on any atom is 0.280 e. The van der Waals surface area contributed by atoms with Crippen molar-refractivity contribution in [2.75, 3.05) is 5.32 Å². The molecule has 3 rings (SSSR count). The molecule has 1 aliphatic heterocycles. The zero-order valence-electron chi connectivity index (χ0n) is 11.8. The third-order valence-electron chi connectivity index (χ3n) is 3.32. The van der Waals surface area contributed by atoms with Gasteiger partial charge in [0.15, 0.2) is 5.11 Å². The van der Waals surface area contributed by atoms with Crippen LogP contribution in [0.4, 0.5) is 5.69 Å². The van der Waals surface area contributed by atoms with Crippen molar-refractivity contribution >= 4 is 34.8 Å². The van der Waals surface area contributed by atoms with Crippen LogP contribution >= 0.6 is 12.2 Å². The van der Waals surface area contributed by atoms with Crippen molar-refractivity contribution in [1.29, 1.82) is 0 Å². The summed E-state index contributed by atoms with van der Waals surface area (Å²) in [7, 11) is 0. The smallest absolute Gasteiger partial charge is 0.280 e. The lowest BCUT2D eigenvalue weighted by molar-refractivity contribution is 0.0613. The lowest BCUT2D eigenvalue weighted by Crippen LogP contribution is -2.47. The second kappa shape index (κ2) is 5.57. The van der Waals surface area contributed by atoms with E-state index in [-0.39, 0.29) is 5.11 Å². The number of fused-ring (bicyclic) bond motifs is 1. The molecule has 0 aliphatic carbocycles. The Balaban J connectivity index is 1.71. The van der Waals surface area contributed by atoms with Gasteiger partial charge in [-0.05, 0) is 43.4 Å². The highest BCUT2D eigenvalue weighted by atomic mass is 32.1. The van der Waals surface area contributed by atoms with E-state index in [1.807, 2.05) is 31.2 Å². The highest BCUT2D eigenvalue weighted by molar-refractivity contribution is 7.80. The first-order chi connectivity index (χ1) is 10.6. The van der Waals surface area contributed by atoms with Crippen LogP contribution in [0, 0.1) is 6.92 Å². The van der Waals surface area contributed by atoms with Crippen LogP contribution in [-0.4, -0.2) is 21.9 Å². The lowest BCUT2D eigenvalue weighted by atomic mass is 10.1. The predicted molar refractivity (Wildman–Crippen MR) is 87.5 cm³/mol. The Bertz CT molecular complexity index is 736. The topological polar surface area (TPSA) is 61.4 Å². The monoisotopic (exact) mass is 311 g/mol. The molecule has 1 aliphatic rings. The summed E-state index contributed by atoms with van der Waals surface area (Å²) in [6.45, 7) is 1.99. The molecule has 0 bridgehead atoms. The fraction of sp³-hybridized carbons (Fsp3) is 0.0625. The Morgan fingerprint density at radius 1 is 0.955 bits per heavy atom. The van der Waals surface area contributed by atoms with E-state index in [1.165, 1.54) is 0 Å². The fourth-order valence-electron chi connectivity index (χ4n) is 2.19. The van der Waals surface area contributed by atoms with Gasteiger partial charge in [0.25, 0.3) is 11.8 Å². The van der Waals surface area contributed by atoms with Crippen LogP contribution in [0.1, 0.15) is 26.3 Å². The van der Waals surface area contributed by atoms with Gasteiger partial charge >= 0.3 is 0 Å². The number of nitrogens with one attached hydrogen (secondary N) is 2. The molecule has 2 aromatic carbocycles. The summed E-state index contributed by atoms with van der Waals surface area (Å²) < 4.78 is 0. The van der Waals surface area contributed by atoms with Crippen molar-refractivity contribution in [3.8, 4) is 0 Å². The number of thiocarbonyl (C=S) groups is 1. The van der Waals surface area contributed by atoms with Crippen molar-refractivity contribution in [3.05, 3.63) is 65.2 Å². The van der Waals surface area contributed by atoms with Crippen molar-refractivity contribution < 1.29 is 9.59 Å². The molecule has 0 fully saturated rings. The maximum atomic E-state index is 12.2. The standard InChI is InChI=1S/C16H13N3O2S/c1-10-6-8-11(9-7-10)17-16(22)18-19-14(20)12-4-2-3-5-13(12)15(19)21/h2-9H,1H3,(H2,17,18,22). The molecule has 0 saturated carbocycles. The molecule has 2 N–H and O–H groups in total. The first-order valence-electron chi connectivity index (χ1n) is 6.68. The Morgan fingerprint density at radius 2 is 1.50 bits per heavy atom. The number of amides is 2. The highest BCUT2D eigenvalue weighted by Gasteiger charge is 2.35. The minimum absolute atomic E-state index is 0.179. The molecule has 2 amide bonds. The Kier molecular flexibility index (Phi) is 3.60. The largest absolute Gasteiger partial charge is 0.331 e. The van der Waals surface area contributed by atoms with Gasteiger partial charge in [0.05, 0.1) is 11.1 Å². The first-order valence-corrected chi connectivity index (χ1v) is 7.09. The van der Waals surface area contributed by atoms with E-state index in [9.17, 15) is 9.59 Å². The van der Waals surface area contributed by atoms with Crippen LogP contribution in [0.5, 0.6) is 0 Å². The van der Waals surface area contributed by atoms with Gasteiger partial charge in [0.1, 0.15) is 0 Å². The van der Waals surface area contributed by atoms with Gasteiger partial charge in [-0.2, -0.15) is 5.01 Å². The van der Waals surface area contributed by atoms with Crippen molar-refractivity contribution in [1.82, 2.24) is 10.4 Å². The summed E-state index contributed by atoms with van der Waals surface area (Å²) in [4.78, 5) is 24.4. The van der Waals surface area contributed by atoms with Crippen LogP contribution < -0.4 is 10.7 Å². The molecule has 22 heavy (non-hydrogen) atoms. The number of nitrogens with zero attached hydrogens (tertiary/aromatic N) is 1. The fourth-order valence-corrected chi connectivity index (χ4v) is 2.40. The third kappa shape index (κ3) is 2.56. The number of hydrazine groups is 1. The predicted octanol–water partition coefficient (Wildman–Crippen LogP) is 2.49. The number of hydrogen-bond acceptors (Lipinski definition) is 3. The van der Waals surface area contributed by atoms with Gasteiger partial charge < -0.3 is 5.32 Å². The number of rotatable bonds is 2. The molecule has 0 spiro atoms. The second-order valence-corrected chi connectivity index (χ2v) is 5.33. The van der Waals surface area contributed by atoms with Crippen molar-refractivity contribution in [3.63, 3.8) is 0 Å². The third-order valence-corrected chi connectivity index (χ3v) is 3.51. The quantitative estimate of drug-likeness (QED) is 0.659. The van der Waals surface area contributed by atoms with E-state index in [1.54, 1.807) is 24.3 Å². The molecule has 110 valence electrons. The molecule has 1 heterocycles. The van der Waals surface area contributed by atoms with Crippen molar-refractivity contribution in [2.24, 2.45) is 0 Å². The van der Waals surface area contributed by atoms with Gasteiger partial charge in [0.2, 0.25) is 0 Å². The number of aryl methyl sites for hydroxylation is 1. The summed E-state index contributed by atoms with van der Waals surface area (Å²) in [6.07, 6.45) is 0. The van der Waals surface area contributed by atoms with E-state index in [2.05, 4.69) is 10.7 Å². The van der Waals surface area contributed by atoms with E-state index >= 15 is 0 Å². The van der Waals surface area contributed by atoms with Crippen LogP contribution in [0.25, 0.3) is 0 Å². The number of carbonyl (C=O) groups is 2. The van der Waals surface area contributed by atoms with Gasteiger partial charge in [-0.3, -0.25) is 15.0 Å². The molecule has 6 heteroatoms. The summed E-state index contributed by atoms with van der Waals surface area (Å²) >= 11 is 5.15. The molecular weight excluding hydrogens is 298 g/mol. The summed E-state index contributed by atoms with van der Waals surface area (Å²) in [5.41, 5.74) is 5.30. The Labute approximate surface area is 132 Å². The Hall–Kier alpha value is -2.73. The average molecular weight is 311 g/mol. The average Bonchev–Trinajstić information content (AvgIpc) is 2.75. The summed E-state index contributed by atoms with van der Waals surface area (Å²) in [6, 6.07) is 14.3. The molecule has 0 radical (unpaired) electrons. The molecule has 0 aromatic heterocycles. The molecule has 0 atom stereocenters. The van der Waals surface area contributed by atoms with Gasteiger partial charge in [-0.15, -0.1) is 0 Å². The zero-order chi connectivity index (χ0) is 15.7. The van der Waals surface area contributed by atoms with E-state index in [0.717, 1.165) is 16.3 Å². The number of imide groups is 1. The van der Waals surface area contributed by atoms with Gasteiger partial charge in [0, 0.05) is 5.69 Å². The van der Waals surface area contributed by atoms with Crippen molar-refractivity contribution in [2.45, 2.75) is 6.92 Å². The van der Waals surface area contributed by atoms with Crippen LogP contribution in [0.2, 0.25) is 0 Å². The number of hydrogen-bond donors (Lipinski definition) is 2. The zero-order valence-corrected chi connectivity index (χ0v) is 12.6. The molecule has 0 saturated heterocycles. The number of benzene rings is 2. The van der Waals surface area contributed by atoms with E-state index in [4.69, 9.17) is 12.2 Å². The molecule has 5 nitrogen and oxygen atoms in total. The van der Waals surface area contributed by atoms with Crippen LogP contribution in [0.3, 0.4) is 0 Å². The van der Waals surface area contributed by atoms with Crippen LogP contribution in [-0.2, 0) is 0 Å². The number of anilines is 1. The normalized spacial score (nSPS) is 13.0. The minimum Gasteiger partial charge on any atom is -0.331 e. The highest BCUT2D eigenvalue weighted by Crippen LogP contribution is 2.20. The second-order valence-electron chi connectivity index (χ2n) is 4.92. The molecule has 2 aromatic rings. The SMILES string of the molecule is Cc1ccc(NC(=S)NN2C(=O)c3ccccc3C2=O)cc1. The first kappa shape index (κ1) is 14.2.